The molecule has 2 atom stereocenters. The average molecular weight is 389 g/mol. The van der Waals surface area contributed by atoms with Crippen LogP contribution in [0.15, 0.2) is 52.1 Å². The van der Waals surface area contributed by atoms with Crippen molar-refractivity contribution in [3.8, 4) is 0 Å². The fraction of sp³-hybridized carbons (Fsp3) is 0.211. The lowest BCUT2D eigenvalue weighted by molar-refractivity contribution is -0.126. The van der Waals surface area contributed by atoms with E-state index >= 15 is 0 Å². The summed E-state index contributed by atoms with van der Waals surface area (Å²) < 4.78 is 27.6. The lowest BCUT2D eigenvalue weighted by Gasteiger charge is -2.20. The second kappa shape index (κ2) is 7.73. The van der Waals surface area contributed by atoms with Crippen LogP contribution in [-0.4, -0.2) is 27.2 Å². The molecule has 0 fully saturated rings. The minimum Gasteiger partial charge on any atom is -0.394 e. The second-order valence-electron chi connectivity index (χ2n) is 6.25. The van der Waals surface area contributed by atoms with Crippen molar-refractivity contribution in [2.24, 2.45) is 0 Å². The van der Waals surface area contributed by atoms with E-state index in [4.69, 9.17) is 0 Å². The van der Waals surface area contributed by atoms with E-state index in [1.54, 1.807) is 12.1 Å². The highest BCUT2D eigenvalue weighted by atomic mass is 19.1. The Labute approximate surface area is 157 Å². The Morgan fingerprint density at radius 2 is 1.93 bits per heavy atom. The van der Waals surface area contributed by atoms with E-state index in [-0.39, 0.29) is 10.9 Å². The van der Waals surface area contributed by atoms with Gasteiger partial charge in [-0.2, -0.15) is 0 Å². The van der Waals surface area contributed by atoms with Crippen LogP contribution in [0, 0.1) is 11.6 Å². The van der Waals surface area contributed by atoms with Crippen molar-refractivity contribution in [3.63, 3.8) is 0 Å². The van der Waals surface area contributed by atoms with Gasteiger partial charge in [-0.15, -0.1) is 0 Å². The van der Waals surface area contributed by atoms with Gasteiger partial charge in [0.05, 0.1) is 23.6 Å². The van der Waals surface area contributed by atoms with E-state index < -0.39 is 47.5 Å². The molecule has 146 valence electrons. The first-order chi connectivity index (χ1) is 13.3. The lowest BCUT2D eigenvalue weighted by atomic mass is 10.1. The van der Waals surface area contributed by atoms with Gasteiger partial charge in [-0.25, -0.2) is 18.1 Å². The van der Waals surface area contributed by atoms with E-state index in [2.05, 4.69) is 10.3 Å². The van der Waals surface area contributed by atoms with Gasteiger partial charge in [-0.3, -0.25) is 9.59 Å². The van der Waals surface area contributed by atoms with Crippen molar-refractivity contribution < 1.29 is 18.7 Å². The van der Waals surface area contributed by atoms with E-state index in [0.29, 0.717) is 16.2 Å². The molecule has 0 saturated carbocycles. The number of aromatic nitrogens is 2. The molecule has 1 amide bonds. The van der Waals surface area contributed by atoms with Gasteiger partial charge in [0.15, 0.2) is 0 Å². The van der Waals surface area contributed by atoms with Gasteiger partial charge in [-0.1, -0.05) is 18.2 Å². The van der Waals surface area contributed by atoms with Crippen LogP contribution in [0.3, 0.4) is 0 Å². The molecular formula is C19H17F2N3O4. The van der Waals surface area contributed by atoms with Gasteiger partial charge >= 0.3 is 5.69 Å². The maximum atomic E-state index is 13.9. The molecular weight excluding hydrogens is 372 g/mol. The summed E-state index contributed by atoms with van der Waals surface area (Å²) in [5, 5.41) is 12.3. The molecule has 28 heavy (non-hydrogen) atoms. The Hall–Kier alpha value is -3.33. The number of nitrogens with zero attached hydrogens (tertiary/aromatic N) is 1. The van der Waals surface area contributed by atoms with Crippen molar-refractivity contribution in [2.75, 3.05) is 6.61 Å². The zero-order chi connectivity index (χ0) is 20.4. The van der Waals surface area contributed by atoms with Crippen LogP contribution >= 0.6 is 0 Å². The first-order valence-corrected chi connectivity index (χ1v) is 8.43. The van der Waals surface area contributed by atoms with E-state index in [9.17, 15) is 28.3 Å². The number of para-hydroxylation sites is 1. The Balaban J connectivity index is 1.95. The molecule has 3 rings (SSSR count). The van der Waals surface area contributed by atoms with Gasteiger partial charge in [0.25, 0.3) is 5.56 Å². The van der Waals surface area contributed by atoms with Crippen LogP contribution in [0.5, 0.6) is 0 Å². The number of fused-ring (bicyclic) bond motifs is 1. The topological polar surface area (TPSA) is 104 Å². The number of aliphatic hydroxyl groups excluding tert-OH is 1. The van der Waals surface area contributed by atoms with Crippen LogP contribution in [0.4, 0.5) is 8.78 Å². The molecule has 1 aromatic heterocycles. The summed E-state index contributed by atoms with van der Waals surface area (Å²) in [6.07, 6.45) is 0. The number of halogens is 2. The van der Waals surface area contributed by atoms with Crippen LogP contribution in [0.25, 0.3) is 10.9 Å². The third-order valence-electron chi connectivity index (χ3n) is 4.41. The summed E-state index contributed by atoms with van der Waals surface area (Å²) in [6.45, 7) is 0.627. The second-order valence-corrected chi connectivity index (χ2v) is 6.25. The van der Waals surface area contributed by atoms with Crippen molar-refractivity contribution >= 4 is 16.8 Å². The fourth-order valence-electron chi connectivity index (χ4n) is 2.98. The SMILES string of the molecule is C[C@H](NC(=O)C(CO)n1c(=O)[nH]c2ccccc2c1=O)c1ccc(F)cc1F. The molecule has 0 saturated heterocycles. The Morgan fingerprint density at radius 3 is 2.61 bits per heavy atom. The highest BCUT2D eigenvalue weighted by Crippen LogP contribution is 2.18. The van der Waals surface area contributed by atoms with E-state index in [1.807, 2.05) is 0 Å². The molecule has 0 bridgehead atoms. The highest BCUT2D eigenvalue weighted by molar-refractivity contribution is 5.82. The van der Waals surface area contributed by atoms with Gasteiger partial charge < -0.3 is 15.4 Å². The highest BCUT2D eigenvalue weighted by Gasteiger charge is 2.26. The molecule has 0 spiro atoms. The number of rotatable bonds is 5. The van der Waals surface area contributed by atoms with E-state index in [0.717, 1.165) is 6.07 Å². The Bertz CT molecular complexity index is 1160. The zero-order valence-corrected chi connectivity index (χ0v) is 14.8. The fourth-order valence-corrected chi connectivity index (χ4v) is 2.98. The number of carbonyl (C=O) groups excluding carboxylic acids is 1. The quantitative estimate of drug-likeness (QED) is 0.613. The summed E-state index contributed by atoms with van der Waals surface area (Å²) in [6, 6.07) is 6.74. The summed E-state index contributed by atoms with van der Waals surface area (Å²) in [5.41, 5.74) is -1.29. The number of aromatic amines is 1. The average Bonchev–Trinajstić information content (AvgIpc) is 2.64. The van der Waals surface area contributed by atoms with Gasteiger partial charge in [0.1, 0.15) is 17.7 Å². The first kappa shape index (κ1) is 19.4. The number of hydrogen-bond donors (Lipinski definition) is 3. The Morgan fingerprint density at radius 1 is 1.21 bits per heavy atom. The predicted molar refractivity (Wildman–Crippen MR) is 97.9 cm³/mol. The maximum Gasteiger partial charge on any atom is 0.329 e. The largest absolute Gasteiger partial charge is 0.394 e. The predicted octanol–water partition coefficient (Wildman–Crippen LogP) is 1.38. The minimum atomic E-state index is -1.52. The third-order valence-corrected chi connectivity index (χ3v) is 4.41. The summed E-state index contributed by atoms with van der Waals surface area (Å²) in [5.74, 6) is -2.47. The number of amides is 1. The number of H-pyrrole nitrogens is 1. The molecule has 0 aliphatic carbocycles. The number of nitrogens with one attached hydrogen (secondary N) is 2. The van der Waals surface area contributed by atoms with Crippen molar-refractivity contribution in [3.05, 3.63) is 80.5 Å². The normalized spacial score (nSPS) is 13.3. The van der Waals surface area contributed by atoms with Crippen LogP contribution in [0.1, 0.15) is 24.6 Å². The summed E-state index contributed by atoms with van der Waals surface area (Å²) in [7, 11) is 0. The maximum absolute atomic E-state index is 13.9. The van der Waals surface area contributed by atoms with Crippen molar-refractivity contribution in [2.45, 2.75) is 19.0 Å². The number of aliphatic hydroxyl groups is 1. The third kappa shape index (κ3) is 3.56. The minimum absolute atomic E-state index is 0.0196. The molecule has 1 heterocycles. The molecule has 2 aromatic carbocycles. The number of carbonyl (C=O) groups is 1. The monoisotopic (exact) mass is 389 g/mol. The molecule has 0 radical (unpaired) electrons. The van der Waals surface area contributed by atoms with Crippen LogP contribution < -0.4 is 16.6 Å². The number of benzene rings is 2. The van der Waals surface area contributed by atoms with Crippen LogP contribution in [-0.2, 0) is 4.79 Å². The lowest BCUT2D eigenvalue weighted by Crippen LogP contribution is -2.46. The molecule has 0 aliphatic heterocycles. The van der Waals surface area contributed by atoms with Crippen molar-refractivity contribution in [1.29, 1.82) is 0 Å². The summed E-state index contributed by atoms with van der Waals surface area (Å²) >= 11 is 0. The molecule has 1 unspecified atom stereocenters. The van der Waals surface area contributed by atoms with Crippen LogP contribution in [0.2, 0.25) is 0 Å². The molecule has 3 N–H and O–H groups in total. The standard InChI is InChI=1S/C19H17F2N3O4/c1-10(12-7-6-11(20)8-14(12)21)22-17(26)16(9-25)24-18(27)13-4-2-3-5-15(13)23-19(24)28/h2-8,10,16,25H,9H2,1H3,(H,22,26)(H,23,28)/t10-,16?/m0/s1. The molecule has 9 heteroatoms. The smallest absolute Gasteiger partial charge is 0.329 e. The number of hydrogen-bond acceptors (Lipinski definition) is 4. The first-order valence-electron chi connectivity index (χ1n) is 8.43. The molecule has 3 aromatic rings. The summed E-state index contributed by atoms with van der Waals surface area (Å²) in [4.78, 5) is 40.1. The Kier molecular flexibility index (Phi) is 5.36. The molecule has 7 nitrogen and oxygen atoms in total. The molecule has 0 aliphatic rings. The van der Waals surface area contributed by atoms with Crippen molar-refractivity contribution in [1.82, 2.24) is 14.9 Å². The van der Waals surface area contributed by atoms with Gasteiger partial charge in [0.2, 0.25) is 5.91 Å². The van der Waals surface area contributed by atoms with E-state index in [1.165, 1.54) is 25.1 Å². The van der Waals surface area contributed by atoms with Gasteiger partial charge in [-0.05, 0) is 25.1 Å². The zero-order valence-electron chi connectivity index (χ0n) is 14.8. The van der Waals surface area contributed by atoms with Gasteiger partial charge in [0, 0.05) is 11.6 Å².